The lowest BCUT2D eigenvalue weighted by Gasteiger charge is -2.16. The van der Waals surface area contributed by atoms with Gasteiger partial charge in [0, 0.05) is 41.9 Å². The lowest BCUT2D eigenvalue weighted by Crippen LogP contribution is -2.31. The minimum atomic E-state index is 0.303. The van der Waals surface area contributed by atoms with Crippen LogP contribution in [0.3, 0.4) is 0 Å². The van der Waals surface area contributed by atoms with E-state index in [1.807, 2.05) is 16.2 Å². The van der Waals surface area contributed by atoms with Gasteiger partial charge in [-0.05, 0) is 38.3 Å². The van der Waals surface area contributed by atoms with Gasteiger partial charge in [0.15, 0.2) is 0 Å². The normalized spacial score (nSPS) is 16.8. The molecule has 1 aliphatic heterocycles. The van der Waals surface area contributed by atoms with E-state index in [2.05, 4.69) is 31.3 Å². The van der Waals surface area contributed by atoms with E-state index in [-0.39, 0.29) is 0 Å². The fourth-order valence-electron chi connectivity index (χ4n) is 2.44. The summed E-state index contributed by atoms with van der Waals surface area (Å²) in [6.07, 6.45) is 4.07. The molecule has 1 amide bonds. The van der Waals surface area contributed by atoms with Crippen molar-refractivity contribution in [2.45, 2.75) is 45.6 Å². The van der Waals surface area contributed by atoms with Gasteiger partial charge in [-0.2, -0.15) is 0 Å². The van der Waals surface area contributed by atoms with Crippen molar-refractivity contribution in [2.75, 3.05) is 19.6 Å². The molecule has 1 unspecified atom stereocenters. The molecule has 0 aliphatic carbocycles. The van der Waals surface area contributed by atoms with E-state index < -0.39 is 0 Å². The van der Waals surface area contributed by atoms with Crippen LogP contribution >= 0.6 is 11.3 Å². The van der Waals surface area contributed by atoms with Crippen LogP contribution in [0.4, 0.5) is 0 Å². The van der Waals surface area contributed by atoms with Crippen LogP contribution in [0.1, 0.15) is 48.9 Å². The van der Waals surface area contributed by atoms with Crippen LogP contribution in [0.25, 0.3) is 0 Å². The first-order valence-electron chi connectivity index (χ1n) is 7.30. The number of amides is 1. The van der Waals surface area contributed by atoms with E-state index >= 15 is 0 Å². The molecular weight excluding hydrogens is 256 g/mol. The van der Waals surface area contributed by atoms with Gasteiger partial charge in [-0.25, -0.2) is 0 Å². The van der Waals surface area contributed by atoms with Crippen molar-refractivity contribution in [3.8, 4) is 0 Å². The molecule has 0 radical (unpaired) electrons. The summed E-state index contributed by atoms with van der Waals surface area (Å²) in [5.41, 5.74) is 0. The van der Waals surface area contributed by atoms with Crippen molar-refractivity contribution in [3.63, 3.8) is 0 Å². The van der Waals surface area contributed by atoms with Gasteiger partial charge in [0.25, 0.3) is 0 Å². The molecule has 1 saturated heterocycles. The van der Waals surface area contributed by atoms with E-state index in [4.69, 9.17) is 0 Å². The number of nitrogens with zero attached hydrogens (tertiary/aromatic N) is 1. The standard InChI is InChI=1S/C15H24N2OS/c1-3-13-6-7-14(19-13)12(2)16-9-8-15(18)17-10-4-5-11-17/h6-7,12,16H,3-5,8-11H2,1-2H3. The van der Waals surface area contributed by atoms with Crippen LogP contribution in [0.15, 0.2) is 12.1 Å². The molecule has 0 saturated carbocycles. The van der Waals surface area contributed by atoms with Gasteiger partial charge in [0.05, 0.1) is 0 Å². The molecule has 19 heavy (non-hydrogen) atoms. The third-order valence-electron chi connectivity index (χ3n) is 3.71. The van der Waals surface area contributed by atoms with Crippen LogP contribution < -0.4 is 5.32 Å². The summed E-state index contributed by atoms with van der Waals surface area (Å²) < 4.78 is 0. The second-order valence-corrected chi connectivity index (χ2v) is 6.37. The zero-order valence-corrected chi connectivity index (χ0v) is 12.8. The zero-order chi connectivity index (χ0) is 13.7. The molecule has 1 atom stereocenters. The van der Waals surface area contributed by atoms with E-state index in [1.165, 1.54) is 22.6 Å². The topological polar surface area (TPSA) is 32.3 Å². The Labute approximate surface area is 120 Å². The highest BCUT2D eigenvalue weighted by Gasteiger charge is 2.17. The molecule has 0 spiro atoms. The molecule has 1 fully saturated rings. The van der Waals surface area contributed by atoms with Crippen molar-refractivity contribution in [1.82, 2.24) is 10.2 Å². The summed E-state index contributed by atoms with van der Waals surface area (Å²) in [4.78, 5) is 16.7. The van der Waals surface area contributed by atoms with Crippen LogP contribution in [0.5, 0.6) is 0 Å². The Morgan fingerprint density at radius 1 is 1.42 bits per heavy atom. The predicted octanol–water partition coefficient (Wildman–Crippen LogP) is 2.97. The highest BCUT2D eigenvalue weighted by molar-refractivity contribution is 7.12. The molecule has 4 heteroatoms. The van der Waals surface area contributed by atoms with Gasteiger partial charge in [-0.15, -0.1) is 11.3 Å². The van der Waals surface area contributed by atoms with Crippen molar-refractivity contribution in [3.05, 3.63) is 21.9 Å². The summed E-state index contributed by atoms with van der Waals surface area (Å²) in [7, 11) is 0. The largest absolute Gasteiger partial charge is 0.343 e. The zero-order valence-electron chi connectivity index (χ0n) is 11.9. The van der Waals surface area contributed by atoms with Crippen molar-refractivity contribution >= 4 is 17.2 Å². The Morgan fingerprint density at radius 2 is 2.16 bits per heavy atom. The maximum Gasteiger partial charge on any atom is 0.223 e. The Kier molecular flexibility index (Phi) is 5.40. The Hall–Kier alpha value is -0.870. The number of aryl methyl sites for hydroxylation is 1. The fraction of sp³-hybridized carbons (Fsp3) is 0.667. The average molecular weight is 280 g/mol. The molecule has 3 nitrogen and oxygen atoms in total. The highest BCUT2D eigenvalue weighted by Crippen LogP contribution is 2.23. The van der Waals surface area contributed by atoms with Crippen LogP contribution in [0, 0.1) is 0 Å². The van der Waals surface area contributed by atoms with Crippen LogP contribution in [0.2, 0.25) is 0 Å². The average Bonchev–Trinajstić information content (AvgIpc) is 3.09. The first-order chi connectivity index (χ1) is 9.20. The monoisotopic (exact) mass is 280 g/mol. The third-order valence-corrected chi connectivity index (χ3v) is 5.12. The van der Waals surface area contributed by atoms with E-state index in [0.717, 1.165) is 26.1 Å². The number of likely N-dealkylation sites (tertiary alicyclic amines) is 1. The second kappa shape index (κ2) is 7.06. The first kappa shape index (κ1) is 14.5. The van der Waals surface area contributed by atoms with Gasteiger partial charge >= 0.3 is 0 Å². The first-order valence-corrected chi connectivity index (χ1v) is 8.12. The summed E-state index contributed by atoms with van der Waals surface area (Å²) in [6, 6.07) is 4.74. The van der Waals surface area contributed by atoms with Gasteiger partial charge < -0.3 is 10.2 Å². The Bertz CT molecular complexity index is 410. The molecule has 1 aromatic heterocycles. The summed E-state index contributed by atoms with van der Waals surface area (Å²) in [5, 5.41) is 3.45. The van der Waals surface area contributed by atoms with E-state index in [9.17, 15) is 4.79 Å². The molecule has 2 heterocycles. The smallest absolute Gasteiger partial charge is 0.223 e. The maximum absolute atomic E-state index is 11.9. The Balaban J connectivity index is 1.71. The quantitative estimate of drug-likeness (QED) is 0.869. The molecule has 106 valence electrons. The van der Waals surface area contributed by atoms with Gasteiger partial charge in [-0.3, -0.25) is 4.79 Å². The molecule has 1 aromatic rings. The maximum atomic E-state index is 11.9. The van der Waals surface area contributed by atoms with Gasteiger partial charge in [0.1, 0.15) is 0 Å². The van der Waals surface area contributed by atoms with Crippen molar-refractivity contribution in [2.24, 2.45) is 0 Å². The molecule has 0 aromatic carbocycles. The van der Waals surface area contributed by atoms with Gasteiger partial charge in [-0.1, -0.05) is 6.92 Å². The van der Waals surface area contributed by atoms with Gasteiger partial charge in [0.2, 0.25) is 5.91 Å². The molecular formula is C15H24N2OS. The lowest BCUT2D eigenvalue weighted by molar-refractivity contribution is -0.130. The minimum absolute atomic E-state index is 0.303. The van der Waals surface area contributed by atoms with Crippen LogP contribution in [-0.2, 0) is 11.2 Å². The van der Waals surface area contributed by atoms with Crippen molar-refractivity contribution < 1.29 is 4.79 Å². The Morgan fingerprint density at radius 3 is 2.79 bits per heavy atom. The summed E-state index contributed by atoms with van der Waals surface area (Å²) in [5.74, 6) is 0.303. The number of carbonyl (C=O) groups excluding carboxylic acids is 1. The summed E-state index contributed by atoms with van der Waals surface area (Å²) in [6.45, 7) is 7.04. The number of hydrogen-bond donors (Lipinski definition) is 1. The van der Waals surface area contributed by atoms with Crippen molar-refractivity contribution in [1.29, 1.82) is 0 Å². The molecule has 1 aliphatic rings. The number of rotatable bonds is 6. The minimum Gasteiger partial charge on any atom is -0.343 e. The summed E-state index contributed by atoms with van der Waals surface area (Å²) >= 11 is 1.87. The van der Waals surface area contributed by atoms with E-state index in [0.29, 0.717) is 18.4 Å². The van der Waals surface area contributed by atoms with E-state index in [1.54, 1.807) is 0 Å². The SMILES string of the molecule is CCc1ccc(C(C)NCCC(=O)N2CCCC2)s1. The molecule has 1 N–H and O–H groups in total. The number of thiophene rings is 1. The molecule has 2 rings (SSSR count). The number of carbonyl (C=O) groups is 1. The fourth-order valence-corrected chi connectivity index (χ4v) is 3.42. The predicted molar refractivity (Wildman–Crippen MR) is 80.5 cm³/mol. The molecule has 0 bridgehead atoms. The number of nitrogens with one attached hydrogen (secondary N) is 1. The second-order valence-electron chi connectivity index (χ2n) is 5.17. The third kappa shape index (κ3) is 4.05. The lowest BCUT2D eigenvalue weighted by atomic mass is 10.2. The number of hydrogen-bond acceptors (Lipinski definition) is 3. The van der Waals surface area contributed by atoms with Crippen LogP contribution in [-0.4, -0.2) is 30.4 Å². The highest BCUT2D eigenvalue weighted by atomic mass is 32.1.